The number of carbonyl (C=O) groups is 1. The van der Waals surface area contributed by atoms with E-state index in [1.807, 2.05) is 26.2 Å². The van der Waals surface area contributed by atoms with Crippen molar-refractivity contribution in [3.63, 3.8) is 0 Å². The van der Waals surface area contributed by atoms with Gasteiger partial charge in [-0.15, -0.1) is 0 Å². The van der Waals surface area contributed by atoms with Crippen LogP contribution < -0.4 is 0 Å². The lowest BCUT2D eigenvalue weighted by atomic mass is 9.78. The van der Waals surface area contributed by atoms with Gasteiger partial charge in [-0.05, 0) is 12.1 Å². The van der Waals surface area contributed by atoms with Crippen LogP contribution >= 0.6 is 0 Å². The number of aromatic nitrogens is 1. The highest BCUT2D eigenvalue weighted by Crippen LogP contribution is 2.44. The van der Waals surface area contributed by atoms with Crippen LogP contribution in [0.1, 0.15) is 12.1 Å². The number of pyridine rings is 1. The topological polar surface area (TPSA) is 45.7 Å². The molecule has 0 saturated carbocycles. The summed E-state index contributed by atoms with van der Waals surface area (Å²) in [5.74, 6) is 0.637. The van der Waals surface area contributed by atoms with Crippen LogP contribution in [0.2, 0.25) is 0 Å². The van der Waals surface area contributed by atoms with Crippen molar-refractivity contribution in [3.05, 3.63) is 42.1 Å². The standard InChI is InChI=1S/C20H25N3O2/c1-22(2)19(24)9-20-13-23(10-16(20)12-25-14-20)11-17-8-7-15-5-3-4-6-18(15)21-17/h3-8,16H,9-14H2,1-2H3/t16-,20+/m1/s1. The molecule has 2 atom stereocenters. The second-order valence-corrected chi connectivity index (χ2v) is 7.70. The summed E-state index contributed by atoms with van der Waals surface area (Å²) in [5, 5.41) is 1.17. The maximum atomic E-state index is 12.3. The van der Waals surface area contributed by atoms with Gasteiger partial charge in [-0.25, -0.2) is 0 Å². The molecule has 5 nitrogen and oxygen atoms in total. The van der Waals surface area contributed by atoms with Gasteiger partial charge in [0, 0.05) is 56.9 Å². The first-order chi connectivity index (χ1) is 12.1. The number of nitrogens with zero attached hydrogens (tertiary/aromatic N) is 3. The largest absolute Gasteiger partial charge is 0.380 e. The first kappa shape index (κ1) is 16.5. The normalized spacial score (nSPS) is 26.1. The molecule has 2 aliphatic heterocycles. The summed E-state index contributed by atoms with van der Waals surface area (Å²) in [6, 6.07) is 12.5. The number of hydrogen-bond acceptors (Lipinski definition) is 4. The molecule has 0 unspecified atom stereocenters. The summed E-state index contributed by atoms with van der Waals surface area (Å²) in [4.78, 5) is 21.2. The van der Waals surface area contributed by atoms with Crippen molar-refractivity contribution < 1.29 is 9.53 Å². The highest BCUT2D eigenvalue weighted by atomic mass is 16.5. The van der Waals surface area contributed by atoms with E-state index in [0.717, 1.165) is 37.5 Å². The number of hydrogen-bond donors (Lipinski definition) is 0. The van der Waals surface area contributed by atoms with Gasteiger partial charge in [-0.2, -0.15) is 0 Å². The van der Waals surface area contributed by atoms with Gasteiger partial charge < -0.3 is 9.64 Å². The molecule has 1 amide bonds. The average Bonchev–Trinajstić information content (AvgIpc) is 3.10. The molecule has 0 N–H and O–H groups in total. The Labute approximate surface area is 148 Å². The minimum absolute atomic E-state index is 0.0296. The molecule has 2 fully saturated rings. The van der Waals surface area contributed by atoms with Gasteiger partial charge in [-0.1, -0.05) is 24.3 Å². The van der Waals surface area contributed by atoms with Gasteiger partial charge in [-0.3, -0.25) is 14.7 Å². The smallest absolute Gasteiger partial charge is 0.222 e. The van der Waals surface area contributed by atoms with Crippen molar-refractivity contribution >= 4 is 16.8 Å². The third-order valence-corrected chi connectivity index (χ3v) is 5.64. The molecule has 2 saturated heterocycles. The summed E-state index contributed by atoms with van der Waals surface area (Å²) in [6.07, 6.45) is 0.576. The summed E-state index contributed by atoms with van der Waals surface area (Å²) in [6.45, 7) is 4.18. The number of fused-ring (bicyclic) bond motifs is 2. The third-order valence-electron chi connectivity index (χ3n) is 5.64. The van der Waals surface area contributed by atoms with E-state index < -0.39 is 0 Å². The van der Waals surface area contributed by atoms with Crippen LogP contribution in [0.25, 0.3) is 10.9 Å². The van der Waals surface area contributed by atoms with Crippen LogP contribution in [-0.4, -0.2) is 61.1 Å². The number of rotatable bonds is 4. The number of likely N-dealkylation sites (tertiary alicyclic amines) is 1. The van der Waals surface area contributed by atoms with E-state index >= 15 is 0 Å². The fraction of sp³-hybridized carbons (Fsp3) is 0.500. The summed E-state index contributed by atoms with van der Waals surface area (Å²) in [5.41, 5.74) is 2.10. The molecular formula is C20H25N3O2. The van der Waals surface area contributed by atoms with Gasteiger partial charge in [0.2, 0.25) is 5.91 Å². The molecular weight excluding hydrogens is 314 g/mol. The fourth-order valence-corrected chi connectivity index (χ4v) is 4.20. The monoisotopic (exact) mass is 339 g/mol. The van der Waals surface area contributed by atoms with Crippen molar-refractivity contribution in [2.45, 2.75) is 13.0 Å². The van der Waals surface area contributed by atoms with Crippen molar-refractivity contribution in [1.29, 1.82) is 0 Å². The predicted molar refractivity (Wildman–Crippen MR) is 97.1 cm³/mol. The lowest BCUT2D eigenvalue weighted by Crippen LogP contribution is -2.37. The molecule has 25 heavy (non-hydrogen) atoms. The minimum atomic E-state index is -0.0296. The van der Waals surface area contributed by atoms with Crippen molar-refractivity contribution in [3.8, 4) is 0 Å². The second kappa shape index (κ2) is 6.39. The molecule has 5 heteroatoms. The van der Waals surface area contributed by atoms with Gasteiger partial charge in [0.25, 0.3) is 0 Å². The van der Waals surface area contributed by atoms with Gasteiger partial charge >= 0.3 is 0 Å². The van der Waals surface area contributed by atoms with E-state index in [4.69, 9.17) is 9.72 Å². The van der Waals surface area contributed by atoms with Crippen LogP contribution in [0.15, 0.2) is 36.4 Å². The third kappa shape index (κ3) is 3.14. The fourth-order valence-electron chi connectivity index (χ4n) is 4.20. The van der Waals surface area contributed by atoms with Crippen molar-refractivity contribution in [2.75, 3.05) is 40.4 Å². The Morgan fingerprint density at radius 2 is 2.16 bits per heavy atom. The van der Waals surface area contributed by atoms with Gasteiger partial charge in [0.15, 0.2) is 0 Å². The van der Waals surface area contributed by atoms with Gasteiger partial charge in [0.1, 0.15) is 0 Å². The first-order valence-electron chi connectivity index (χ1n) is 8.91. The Balaban J connectivity index is 1.49. The van der Waals surface area contributed by atoms with Crippen molar-refractivity contribution in [2.24, 2.45) is 11.3 Å². The lowest BCUT2D eigenvalue weighted by Gasteiger charge is -2.28. The molecule has 2 aromatic rings. The Kier molecular flexibility index (Phi) is 4.21. The maximum absolute atomic E-state index is 12.3. The zero-order valence-corrected chi connectivity index (χ0v) is 14.9. The van der Waals surface area contributed by atoms with Gasteiger partial charge in [0.05, 0.1) is 24.4 Å². The highest BCUT2D eigenvalue weighted by Gasteiger charge is 2.51. The van der Waals surface area contributed by atoms with E-state index in [1.54, 1.807) is 4.90 Å². The average molecular weight is 339 g/mol. The number of ether oxygens (including phenoxy) is 1. The molecule has 2 aliphatic rings. The zero-order valence-electron chi connectivity index (χ0n) is 14.9. The van der Waals surface area contributed by atoms with E-state index in [9.17, 15) is 4.79 Å². The number of amides is 1. The summed E-state index contributed by atoms with van der Waals surface area (Å²) >= 11 is 0. The molecule has 1 aromatic heterocycles. The minimum Gasteiger partial charge on any atom is -0.380 e. The molecule has 0 bridgehead atoms. The zero-order chi connectivity index (χ0) is 17.4. The Morgan fingerprint density at radius 3 is 3.00 bits per heavy atom. The molecule has 0 radical (unpaired) electrons. The van der Waals surface area contributed by atoms with Crippen molar-refractivity contribution in [1.82, 2.24) is 14.8 Å². The van der Waals surface area contributed by atoms with E-state index in [0.29, 0.717) is 18.9 Å². The van der Waals surface area contributed by atoms with Crippen LogP contribution in [-0.2, 0) is 16.1 Å². The molecule has 3 heterocycles. The van der Waals surface area contributed by atoms with E-state index in [1.165, 1.54) is 5.39 Å². The van der Waals surface area contributed by atoms with Crippen LogP contribution in [0.5, 0.6) is 0 Å². The van der Waals surface area contributed by atoms with E-state index in [2.05, 4.69) is 29.2 Å². The highest BCUT2D eigenvalue weighted by molar-refractivity contribution is 5.78. The SMILES string of the molecule is CN(C)C(=O)C[C@]12COC[C@H]1CN(Cc1ccc3ccccc3n1)C2. The molecule has 4 rings (SSSR count). The molecule has 0 aliphatic carbocycles. The molecule has 1 aromatic carbocycles. The van der Waals surface area contributed by atoms with Crippen LogP contribution in [0.4, 0.5) is 0 Å². The Hall–Kier alpha value is -1.98. The van der Waals surface area contributed by atoms with Crippen LogP contribution in [0, 0.1) is 11.3 Å². The first-order valence-corrected chi connectivity index (χ1v) is 8.91. The van der Waals surface area contributed by atoms with E-state index in [-0.39, 0.29) is 11.3 Å². The number of benzene rings is 1. The van der Waals surface area contributed by atoms with Crippen LogP contribution in [0.3, 0.4) is 0 Å². The Bertz CT molecular complexity index is 791. The molecule has 0 spiro atoms. The lowest BCUT2D eigenvalue weighted by molar-refractivity contribution is -0.131. The summed E-state index contributed by atoms with van der Waals surface area (Å²) < 4.78 is 5.74. The Morgan fingerprint density at radius 1 is 1.32 bits per heavy atom. The summed E-state index contributed by atoms with van der Waals surface area (Å²) in [7, 11) is 3.66. The number of para-hydroxylation sites is 1. The predicted octanol–water partition coefficient (Wildman–Crippen LogP) is 2.16. The quantitative estimate of drug-likeness (QED) is 0.856. The number of carbonyl (C=O) groups excluding carboxylic acids is 1. The second-order valence-electron chi connectivity index (χ2n) is 7.70. The maximum Gasteiger partial charge on any atom is 0.222 e. The molecule has 132 valence electrons.